The van der Waals surface area contributed by atoms with Gasteiger partial charge in [-0.05, 0) is 117 Å². The molecule has 3 nitrogen and oxygen atoms in total. The molecular formula is C29H34O3. The van der Waals surface area contributed by atoms with E-state index < -0.39 is 0 Å². The quantitative estimate of drug-likeness (QED) is 0.369. The lowest BCUT2D eigenvalue weighted by Gasteiger charge is -2.57. The van der Waals surface area contributed by atoms with E-state index in [0.29, 0.717) is 17.6 Å². The second-order valence-corrected chi connectivity index (χ2v) is 10.3. The Bertz CT molecular complexity index is 996. The van der Waals surface area contributed by atoms with E-state index in [4.69, 9.17) is 9.47 Å². The van der Waals surface area contributed by atoms with Crippen molar-refractivity contribution >= 4 is 17.6 Å². The van der Waals surface area contributed by atoms with Crippen LogP contribution in [0.15, 0.2) is 42.5 Å². The number of allylic oxidation sites excluding steroid dienone is 1. The van der Waals surface area contributed by atoms with E-state index in [1.807, 2.05) is 38.3 Å². The summed E-state index contributed by atoms with van der Waals surface area (Å²) < 4.78 is 11.0. The van der Waals surface area contributed by atoms with Crippen LogP contribution >= 0.6 is 0 Å². The smallest absolute Gasteiger partial charge is 0.338 e. The summed E-state index contributed by atoms with van der Waals surface area (Å²) in [5.41, 5.74) is 5.89. The molecule has 4 saturated carbocycles. The number of carbonyl (C=O) groups is 1. The van der Waals surface area contributed by atoms with Crippen LogP contribution in [0.4, 0.5) is 0 Å². The molecule has 0 aromatic heterocycles. The van der Waals surface area contributed by atoms with Crippen LogP contribution in [0.3, 0.4) is 0 Å². The maximum atomic E-state index is 11.9. The highest BCUT2D eigenvalue weighted by Crippen LogP contribution is 2.62. The zero-order valence-corrected chi connectivity index (χ0v) is 19.5. The molecule has 0 aliphatic heterocycles. The number of esters is 1. The molecule has 168 valence electrons. The molecule has 4 bridgehead atoms. The van der Waals surface area contributed by atoms with E-state index in [0.717, 1.165) is 29.1 Å². The van der Waals surface area contributed by atoms with Crippen LogP contribution in [0, 0.1) is 17.8 Å². The van der Waals surface area contributed by atoms with Crippen molar-refractivity contribution in [1.82, 2.24) is 0 Å². The average molecular weight is 431 g/mol. The molecule has 32 heavy (non-hydrogen) atoms. The molecular weight excluding hydrogens is 396 g/mol. The van der Waals surface area contributed by atoms with Crippen LogP contribution < -0.4 is 4.74 Å². The molecule has 0 N–H and O–H groups in total. The number of benzene rings is 2. The Labute approximate surface area is 191 Å². The van der Waals surface area contributed by atoms with Crippen molar-refractivity contribution in [2.45, 2.75) is 57.8 Å². The third kappa shape index (κ3) is 3.87. The summed E-state index contributed by atoms with van der Waals surface area (Å²) in [5.74, 6) is 3.51. The average Bonchev–Trinajstić information content (AvgIpc) is 2.78. The van der Waals surface area contributed by atoms with Gasteiger partial charge >= 0.3 is 5.97 Å². The van der Waals surface area contributed by atoms with Crippen LogP contribution in [0.2, 0.25) is 0 Å². The first-order valence-electron chi connectivity index (χ1n) is 12.1. The van der Waals surface area contributed by atoms with E-state index in [9.17, 15) is 4.79 Å². The second kappa shape index (κ2) is 8.42. The van der Waals surface area contributed by atoms with E-state index in [-0.39, 0.29) is 5.97 Å². The van der Waals surface area contributed by atoms with Crippen LogP contribution in [0.1, 0.15) is 79.4 Å². The van der Waals surface area contributed by atoms with Crippen molar-refractivity contribution in [3.63, 3.8) is 0 Å². The molecule has 0 amide bonds. The van der Waals surface area contributed by atoms with Crippen LogP contribution in [-0.4, -0.2) is 19.7 Å². The Hall–Kier alpha value is -2.55. The number of rotatable bonds is 6. The highest BCUT2D eigenvalue weighted by atomic mass is 16.5. The van der Waals surface area contributed by atoms with Gasteiger partial charge in [0.1, 0.15) is 5.75 Å². The van der Waals surface area contributed by atoms with Gasteiger partial charge in [-0.3, -0.25) is 0 Å². The van der Waals surface area contributed by atoms with Crippen LogP contribution in [-0.2, 0) is 10.2 Å². The Balaban J connectivity index is 1.44. The predicted molar refractivity (Wildman–Crippen MR) is 129 cm³/mol. The maximum absolute atomic E-state index is 11.9. The van der Waals surface area contributed by atoms with E-state index in [1.54, 1.807) is 0 Å². The van der Waals surface area contributed by atoms with Gasteiger partial charge in [0.05, 0.1) is 19.3 Å². The first kappa shape index (κ1) is 21.3. The lowest BCUT2D eigenvalue weighted by atomic mass is 9.48. The standard InChI is InChI=1S/C29H34O3/c1-4-32-28(30)24-7-5-20(6-8-24)11-19(2)25-9-10-27(31-3)26(15-25)29-16-21-12-22(17-29)14-23(13-21)18-29/h5-11,15,21-23H,4,12-14,16-18H2,1-3H3/b19-11+. The molecule has 0 atom stereocenters. The highest BCUT2D eigenvalue weighted by Gasteiger charge is 2.52. The van der Waals surface area contributed by atoms with Crippen molar-refractivity contribution in [1.29, 1.82) is 0 Å². The van der Waals surface area contributed by atoms with E-state index in [2.05, 4.69) is 31.2 Å². The van der Waals surface area contributed by atoms with Crippen molar-refractivity contribution in [2.24, 2.45) is 17.8 Å². The zero-order chi connectivity index (χ0) is 22.3. The van der Waals surface area contributed by atoms with E-state index in [1.165, 1.54) is 55.2 Å². The van der Waals surface area contributed by atoms with E-state index >= 15 is 0 Å². The lowest BCUT2D eigenvalue weighted by Crippen LogP contribution is -2.48. The molecule has 6 rings (SSSR count). The van der Waals surface area contributed by atoms with Crippen molar-refractivity contribution in [3.8, 4) is 5.75 Å². The first-order chi connectivity index (χ1) is 15.5. The normalized spacial score (nSPS) is 28.6. The SMILES string of the molecule is CCOC(=O)c1ccc(/C=C(\C)c2ccc(OC)c(C34CC5CC(CC(C5)C3)C4)c2)cc1. The predicted octanol–water partition coefficient (Wildman–Crippen LogP) is 6.90. The van der Waals surface area contributed by atoms with Gasteiger partial charge in [0, 0.05) is 5.56 Å². The number of ether oxygens (including phenoxy) is 2. The number of methoxy groups -OCH3 is 1. The molecule has 4 aliphatic rings. The number of carbonyl (C=O) groups excluding carboxylic acids is 1. The number of hydrogen-bond donors (Lipinski definition) is 0. The summed E-state index contributed by atoms with van der Waals surface area (Å²) in [5, 5.41) is 0. The van der Waals surface area contributed by atoms with Crippen molar-refractivity contribution in [2.75, 3.05) is 13.7 Å². The molecule has 0 heterocycles. The molecule has 0 unspecified atom stereocenters. The van der Waals surface area contributed by atoms with Crippen molar-refractivity contribution in [3.05, 3.63) is 64.7 Å². The summed E-state index contributed by atoms with van der Waals surface area (Å²) in [6, 6.07) is 14.4. The van der Waals surface area contributed by atoms with Crippen molar-refractivity contribution < 1.29 is 14.3 Å². The first-order valence-corrected chi connectivity index (χ1v) is 12.1. The van der Waals surface area contributed by atoms with Crippen LogP contribution in [0.5, 0.6) is 5.75 Å². The van der Waals surface area contributed by atoms with Gasteiger partial charge in [-0.15, -0.1) is 0 Å². The highest BCUT2D eigenvalue weighted by molar-refractivity contribution is 5.90. The fourth-order valence-corrected chi connectivity index (χ4v) is 7.07. The Morgan fingerprint density at radius 3 is 2.12 bits per heavy atom. The third-order valence-corrected chi connectivity index (χ3v) is 8.07. The summed E-state index contributed by atoms with van der Waals surface area (Å²) in [7, 11) is 1.81. The van der Waals surface area contributed by atoms with Crippen LogP contribution in [0.25, 0.3) is 11.6 Å². The Morgan fingerprint density at radius 2 is 1.56 bits per heavy atom. The lowest BCUT2D eigenvalue weighted by molar-refractivity contribution is -0.00616. The molecule has 2 aromatic rings. The summed E-state index contributed by atoms with van der Waals surface area (Å²) >= 11 is 0. The molecule has 0 radical (unpaired) electrons. The van der Waals surface area contributed by atoms with Gasteiger partial charge in [0.15, 0.2) is 0 Å². The van der Waals surface area contributed by atoms with Gasteiger partial charge in [0.2, 0.25) is 0 Å². The van der Waals surface area contributed by atoms with Gasteiger partial charge < -0.3 is 9.47 Å². The molecule has 0 spiro atoms. The fourth-order valence-electron chi connectivity index (χ4n) is 7.07. The molecule has 4 aliphatic carbocycles. The minimum atomic E-state index is -0.268. The zero-order valence-electron chi connectivity index (χ0n) is 19.5. The van der Waals surface area contributed by atoms with Gasteiger partial charge in [0.25, 0.3) is 0 Å². The molecule has 3 heteroatoms. The minimum Gasteiger partial charge on any atom is -0.496 e. The third-order valence-electron chi connectivity index (χ3n) is 8.07. The number of hydrogen-bond acceptors (Lipinski definition) is 3. The molecule has 2 aromatic carbocycles. The largest absolute Gasteiger partial charge is 0.496 e. The summed E-state index contributed by atoms with van der Waals surface area (Å²) in [6.45, 7) is 4.39. The Kier molecular flexibility index (Phi) is 5.61. The monoisotopic (exact) mass is 430 g/mol. The topological polar surface area (TPSA) is 35.5 Å². The van der Waals surface area contributed by atoms with Gasteiger partial charge in [-0.25, -0.2) is 4.79 Å². The second-order valence-electron chi connectivity index (χ2n) is 10.3. The van der Waals surface area contributed by atoms with Gasteiger partial charge in [-0.2, -0.15) is 0 Å². The van der Waals surface area contributed by atoms with Gasteiger partial charge in [-0.1, -0.05) is 24.3 Å². The Morgan fingerprint density at radius 1 is 0.969 bits per heavy atom. The minimum absolute atomic E-state index is 0.268. The molecule has 4 fully saturated rings. The molecule has 0 saturated heterocycles. The summed E-state index contributed by atoms with van der Waals surface area (Å²) in [6.07, 6.45) is 10.5. The fraction of sp³-hybridized carbons (Fsp3) is 0.483. The summed E-state index contributed by atoms with van der Waals surface area (Å²) in [4.78, 5) is 11.9. The maximum Gasteiger partial charge on any atom is 0.338 e.